The van der Waals surface area contributed by atoms with E-state index in [9.17, 15) is 8.42 Å². The summed E-state index contributed by atoms with van der Waals surface area (Å²) >= 11 is 7.26. The second-order valence-electron chi connectivity index (χ2n) is 8.78. The molecule has 0 saturated heterocycles. The zero-order valence-electron chi connectivity index (χ0n) is 18.8. The Balaban J connectivity index is 1.69. The van der Waals surface area contributed by atoms with Crippen molar-refractivity contribution in [2.75, 3.05) is 0 Å². The van der Waals surface area contributed by atoms with Gasteiger partial charge in [-0.2, -0.15) is 0 Å². The van der Waals surface area contributed by atoms with Gasteiger partial charge < -0.3 is 0 Å². The van der Waals surface area contributed by atoms with Gasteiger partial charge in [-0.15, -0.1) is 11.3 Å². The summed E-state index contributed by atoms with van der Waals surface area (Å²) in [5.74, 6) is 0.612. The number of sulfonamides is 1. The Labute approximate surface area is 203 Å². The number of hydrogen-bond acceptors (Lipinski definition) is 5. The summed E-state index contributed by atoms with van der Waals surface area (Å²) in [5.41, 5.74) is 3.85. The molecular weight excluding hydrogens is 474 g/mol. The lowest BCUT2D eigenvalue weighted by Crippen LogP contribution is -2.40. The lowest BCUT2D eigenvalue weighted by molar-refractivity contribution is 0.492. The van der Waals surface area contributed by atoms with Crippen LogP contribution in [0.2, 0.25) is 5.02 Å². The predicted octanol–water partition coefficient (Wildman–Crippen LogP) is 6.58. The van der Waals surface area contributed by atoms with Gasteiger partial charge >= 0.3 is 0 Å². The molecule has 0 atom stereocenters. The van der Waals surface area contributed by atoms with Crippen molar-refractivity contribution in [1.29, 1.82) is 0 Å². The molecule has 0 spiro atoms. The summed E-state index contributed by atoms with van der Waals surface area (Å²) in [6.45, 7) is 7.40. The Kier molecular flexibility index (Phi) is 6.42. The molecule has 2 aromatic heterocycles. The van der Waals surface area contributed by atoms with Crippen molar-refractivity contribution in [2.24, 2.45) is 0 Å². The highest BCUT2D eigenvalue weighted by Crippen LogP contribution is 2.33. The van der Waals surface area contributed by atoms with Gasteiger partial charge in [-0.1, -0.05) is 41.9 Å². The number of thiophene rings is 1. The molecule has 33 heavy (non-hydrogen) atoms. The Morgan fingerprint density at radius 1 is 0.879 bits per heavy atom. The highest BCUT2D eigenvalue weighted by molar-refractivity contribution is 7.91. The highest BCUT2D eigenvalue weighted by Gasteiger charge is 2.23. The van der Waals surface area contributed by atoms with Gasteiger partial charge in [-0.3, -0.25) is 0 Å². The Morgan fingerprint density at radius 3 is 2.27 bits per heavy atom. The fourth-order valence-electron chi connectivity index (χ4n) is 3.35. The van der Waals surface area contributed by atoms with Crippen LogP contribution in [-0.4, -0.2) is 23.9 Å². The standard InChI is InChI=1S/C25H24ClN3O2S2/c1-16-14-21(17-8-10-20(26)11-9-17)28-24(27-16)19-7-5-6-18(15-19)22-12-13-23(32-22)33(30,31)29-25(2,3)4/h5-15,29H,1-4H3. The quantitative estimate of drug-likeness (QED) is 0.338. The van der Waals surface area contributed by atoms with E-state index in [1.54, 1.807) is 6.07 Å². The summed E-state index contributed by atoms with van der Waals surface area (Å²) in [6, 6.07) is 20.8. The molecule has 0 unspecified atom stereocenters. The van der Waals surface area contributed by atoms with E-state index >= 15 is 0 Å². The maximum absolute atomic E-state index is 12.7. The van der Waals surface area contributed by atoms with Crippen molar-refractivity contribution in [1.82, 2.24) is 14.7 Å². The van der Waals surface area contributed by atoms with Gasteiger partial charge in [0.05, 0.1) is 5.69 Å². The van der Waals surface area contributed by atoms with Crippen LogP contribution in [0.1, 0.15) is 26.5 Å². The molecule has 0 aliphatic rings. The van der Waals surface area contributed by atoms with Gasteiger partial charge in [-0.25, -0.2) is 23.1 Å². The third-order valence-corrected chi connectivity index (χ3v) is 8.32. The van der Waals surface area contributed by atoms with Crippen LogP contribution in [0.3, 0.4) is 0 Å². The van der Waals surface area contributed by atoms with Gasteiger partial charge in [-0.05, 0) is 69.7 Å². The molecule has 4 aromatic rings. The number of aromatic nitrogens is 2. The first-order chi connectivity index (χ1) is 15.5. The molecule has 0 aliphatic heterocycles. The van der Waals surface area contributed by atoms with Gasteiger partial charge in [0.15, 0.2) is 5.82 Å². The van der Waals surface area contributed by atoms with Gasteiger partial charge in [0.2, 0.25) is 0 Å². The lowest BCUT2D eigenvalue weighted by atomic mass is 10.1. The predicted molar refractivity (Wildman–Crippen MR) is 136 cm³/mol. The summed E-state index contributed by atoms with van der Waals surface area (Å²) < 4.78 is 28.4. The number of nitrogens with zero attached hydrogens (tertiary/aromatic N) is 2. The lowest BCUT2D eigenvalue weighted by Gasteiger charge is -2.19. The molecule has 2 aromatic carbocycles. The molecule has 0 radical (unpaired) electrons. The molecular formula is C25H24ClN3O2S2. The van der Waals surface area contributed by atoms with Crippen molar-refractivity contribution >= 4 is 33.0 Å². The third-order valence-electron chi connectivity index (χ3n) is 4.69. The van der Waals surface area contributed by atoms with Gasteiger partial charge in [0.25, 0.3) is 10.0 Å². The number of halogens is 1. The zero-order chi connectivity index (χ0) is 23.8. The monoisotopic (exact) mass is 497 g/mol. The molecule has 2 heterocycles. The van der Waals surface area contributed by atoms with Crippen LogP contribution in [0.4, 0.5) is 0 Å². The number of hydrogen-bond donors (Lipinski definition) is 1. The minimum absolute atomic E-state index is 0.287. The second kappa shape index (κ2) is 8.99. The van der Waals surface area contributed by atoms with Crippen LogP contribution in [-0.2, 0) is 10.0 Å². The van der Waals surface area contributed by atoms with Crippen molar-refractivity contribution in [3.63, 3.8) is 0 Å². The molecule has 8 heteroatoms. The minimum atomic E-state index is -3.58. The molecule has 1 N–H and O–H groups in total. The zero-order valence-corrected chi connectivity index (χ0v) is 21.1. The topological polar surface area (TPSA) is 72.0 Å². The Hall–Kier alpha value is -2.58. The van der Waals surface area contributed by atoms with Crippen molar-refractivity contribution in [3.05, 3.63) is 77.4 Å². The maximum atomic E-state index is 12.7. The van der Waals surface area contributed by atoms with Crippen LogP contribution in [0.5, 0.6) is 0 Å². The SMILES string of the molecule is Cc1cc(-c2ccc(Cl)cc2)nc(-c2cccc(-c3ccc(S(=O)(=O)NC(C)(C)C)s3)c2)n1. The van der Waals surface area contributed by atoms with E-state index in [0.717, 1.165) is 33.0 Å². The number of nitrogens with one attached hydrogen (secondary N) is 1. The second-order valence-corrected chi connectivity index (χ2v) is 12.2. The van der Waals surface area contributed by atoms with E-state index in [4.69, 9.17) is 16.6 Å². The molecule has 170 valence electrons. The number of benzene rings is 2. The first-order valence-corrected chi connectivity index (χ1v) is 13.0. The van der Waals surface area contributed by atoms with Crippen molar-refractivity contribution in [2.45, 2.75) is 37.4 Å². The van der Waals surface area contributed by atoms with Crippen molar-refractivity contribution < 1.29 is 8.42 Å². The van der Waals surface area contributed by atoms with Crippen LogP contribution in [0.15, 0.2) is 70.9 Å². The first-order valence-electron chi connectivity index (χ1n) is 10.4. The number of aryl methyl sites for hydroxylation is 1. The smallest absolute Gasteiger partial charge is 0.233 e. The average molecular weight is 498 g/mol. The summed E-state index contributed by atoms with van der Waals surface area (Å²) in [7, 11) is -3.58. The van der Waals surface area contributed by atoms with E-state index in [-0.39, 0.29) is 4.21 Å². The van der Waals surface area contributed by atoms with E-state index in [2.05, 4.69) is 9.71 Å². The Morgan fingerprint density at radius 2 is 1.58 bits per heavy atom. The van der Waals surface area contributed by atoms with Crippen LogP contribution in [0.25, 0.3) is 33.1 Å². The average Bonchev–Trinajstić information content (AvgIpc) is 3.24. The van der Waals surface area contributed by atoms with E-state index in [0.29, 0.717) is 10.8 Å². The first kappa shape index (κ1) is 23.6. The van der Waals surface area contributed by atoms with Gasteiger partial charge in [0.1, 0.15) is 4.21 Å². The van der Waals surface area contributed by atoms with Crippen LogP contribution < -0.4 is 4.72 Å². The van der Waals surface area contributed by atoms with Gasteiger partial charge in [0, 0.05) is 32.3 Å². The molecule has 5 nitrogen and oxygen atoms in total. The molecule has 0 amide bonds. The Bertz CT molecular complexity index is 1410. The molecule has 0 bridgehead atoms. The molecule has 0 saturated carbocycles. The van der Waals surface area contributed by atoms with Crippen LogP contribution >= 0.6 is 22.9 Å². The molecule has 0 aliphatic carbocycles. The summed E-state index contributed by atoms with van der Waals surface area (Å²) in [5, 5.41) is 0.674. The van der Waals surface area contributed by atoms with E-state index < -0.39 is 15.6 Å². The van der Waals surface area contributed by atoms with Crippen molar-refractivity contribution in [3.8, 4) is 33.1 Å². The fraction of sp³-hybridized carbons (Fsp3) is 0.200. The fourth-order valence-corrected chi connectivity index (χ4v) is 6.20. The maximum Gasteiger partial charge on any atom is 0.250 e. The van der Waals surface area contributed by atoms with E-state index in [1.165, 1.54) is 11.3 Å². The van der Waals surface area contributed by atoms with Crippen LogP contribution in [0, 0.1) is 6.92 Å². The minimum Gasteiger partial charge on any atom is -0.233 e. The highest BCUT2D eigenvalue weighted by atomic mass is 35.5. The number of rotatable bonds is 5. The summed E-state index contributed by atoms with van der Waals surface area (Å²) in [4.78, 5) is 10.3. The summed E-state index contributed by atoms with van der Waals surface area (Å²) in [6.07, 6.45) is 0. The normalized spacial score (nSPS) is 12.2. The van der Waals surface area contributed by atoms with E-state index in [1.807, 2.05) is 88.4 Å². The molecule has 4 rings (SSSR count). The molecule has 0 fully saturated rings. The third kappa shape index (κ3) is 5.68. The largest absolute Gasteiger partial charge is 0.250 e.